The topological polar surface area (TPSA) is 93.7 Å². The highest BCUT2D eigenvalue weighted by atomic mass is 16.2. The lowest BCUT2D eigenvalue weighted by molar-refractivity contribution is 0.0629. The Bertz CT molecular complexity index is 1050. The Labute approximate surface area is 181 Å². The van der Waals surface area contributed by atoms with E-state index in [1.165, 1.54) is 4.57 Å². The van der Waals surface area contributed by atoms with E-state index in [1.54, 1.807) is 14.0 Å². The quantitative estimate of drug-likeness (QED) is 0.745. The van der Waals surface area contributed by atoms with Crippen LogP contribution in [0.2, 0.25) is 0 Å². The number of aromatic amines is 1. The van der Waals surface area contributed by atoms with Gasteiger partial charge in [0.1, 0.15) is 0 Å². The Kier molecular flexibility index (Phi) is 6.43. The molecule has 0 aliphatic carbocycles. The molecule has 2 amide bonds. The van der Waals surface area contributed by atoms with Crippen LogP contribution in [-0.2, 0) is 13.1 Å². The van der Waals surface area contributed by atoms with Crippen LogP contribution in [0.5, 0.6) is 0 Å². The number of urea groups is 1. The molecule has 2 aliphatic rings. The van der Waals surface area contributed by atoms with Gasteiger partial charge in [0.15, 0.2) is 0 Å². The minimum absolute atomic E-state index is 0.0219. The molecule has 31 heavy (non-hydrogen) atoms. The molecular formula is C22H32N6O3. The van der Waals surface area contributed by atoms with Gasteiger partial charge in [-0.2, -0.15) is 0 Å². The van der Waals surface area contributed by atoms with Crippen molar-refractivity contribution in [1.82, 2.24) is 29.6 Å². The Hall–Kier alpha value is -2.65. The second kappa shape index (κ2) is 9.23. The van der Waals surface area contributed by atoms with Crippen LogP contribution >= 0.6 is 0 Å². The smallest absolute Gasteiger partial charge is 0.328 e. The molecule has 2 fully saturated rings. The fourth-order valence-corrected chi connectivity index (χ4v) is 4.82. The second-order valence-electron chi connectivity index (χ2n) is 8.44. The van der Waals surface area contributed by atoms with Gasteiger partial charge in [0.2, 0.25) is 0 Å². The molecule has 2 aromatic rings. The zero-order valence-corrected chi connectivity index (χ0v) is 18.4. The largest absolute Gasteiger partial charge is 0.341 e. The molecule has 0 atom stereocenters. The Morgan fingerprint density at radius 3 is 2.45 bits per heavy atom. The summed E-state index contributed by atoms with van der Waals surface area (Å²) in [5.41, 5.74) is 1.12. The zero-order chi connectivity index (χ0) is 22.0. The number of piperidine rings is 1. The first-order valence-electron chi connectivity index (χ1n) is 11.2. The highest BCUT2D eigenvalue weighted by molar-refractivity contribution is 5.78. The average molecular weight is 429 g/mol. The summed E-state index contributed by atoms with van der Waals surface area (Å²) in [6, 6.07) is 6.32. The summed E-state index contributed by atoms with van der Waals surface area (Å²) < 4.78 is 1.22. The van der Waals surface area contributed by atoms with Crippen LogP contribution < -0.4 is 16.6 Å². The van der Waals surface area contributed by atoms with Crippen LogP contribution in [0.1, 0.15) is 25.3 Å². The van der Waals surface area contributed by atoms with Gasteiger partial charge in [-0.25, -0.2) is 9.59 Å². The van der Waals surface area contributed by atoms with Gasteiger partial charge >= 0.3 is 11.7 Å². The summed E-state index contributed by atoms with van der Waals surface area (Å²) >= 11 is 0. The Morgan fingerprint density at radius 1 is 1.10 bits per heavy atom. The monoisotopic (exact) mass is 428 g/mol. The van der Waals surface area contributed by atoms with Crippen LogP contribution in [0.3, 0.4) is 0 Å². The molecular weight excluding hydrogens is 396 g/mol. The molecule has 3 heterocycles. The van der Waals surface area contributed by atoms with Crippen molar-refractivity contribution in [2.45, 2.75) is 38.9 Å². The van der Waals surface area contributed by atoms with Crippen molar-refractivity contribution in [2.75, 3.05) is 46.3 Å². The third kappa shape index (κ3) is 4.52. The zero-order valence-electron chi connectivity index (χ0n) is 18.4. The molecule has 9 heteroatoms. The lowest BCUT2D eigenvalue weighted by Crippen LogP contribution is -2.54. The van der Waals surface area contributed by atoms with E-state index in [1.807, 2.05) is 23.1 Å². The Morgan fingerprint density at radius 2 is 1.81 bits per heavy atom. The van der Waals surface area contributed by atoms with Crippen LogP contribution in [-0.4, -0.2) is 82.6 Å². The third-order valence-corrected chi connectivity index (χ3v) is 6.66. The lowest BCUT2D eigenvalue weighted by Gasteiger charge is -2.42. The van der Waals surface area contributed by atoms with Crippen molar-refractivity contribution >= 4 is 16.9 Å². The highest BCUT2D eigenvalue weighted by Crippen LogP contribution is 2.19. The number of nitrogens with zero attached hydrogens (tertiary/aromatic N) is 4. The number of hydrogen-bond acceptors (Lipinski definition) is 5. The number of nitrogens with one attached hydrogen (secondary N) is 2. The van der Waals surface area contributed by atoms with Gasteiger partial charge in [-0.15, -0.1) is 0 Å². The molecule has 2 aliphatic heterocycles. The number of aromatic nitrogens is 2. The van der Waals surface area contributed by atoms with E-state index in [0.717, 1.165) is 64.2 Å². The second-order valence-corrected chi connectivity index (χ2v) is 8.44. The first kappa shape index (κ1) is 21.6. The maximum Gasteiger partial charge on any atom is 0.328 e. The van der Waals surface area contributed by atoms with Crippen LogP contribution in [0.15, 0.2) is 27.8 Å². The molecule has 0 saturated carbocycles. The maximum atomic E-state index is 12.4. The average Bonchev–Trinajstić information content (AvgIpc) is 2.79. The van der Waals surface area contributed by atoms with E-state index in [-0.39, 0.29) is 17.3 Å². The van der Waals surface area contributed by atoms with E-state index < -0.39 is 0 Å². The number of carbonyl (C=O) groups is 1. The number of amides is 2. The van der Waals surface area contributed by atoms with Crippen molar-refractivity contribution in [2.24, 2.45) is 0 Å². The van der Waals surface area contributed by atoms with Crippen LogP contribution in [0, 0.1) is 0 Å². The van der Waals surface area contributed by atoms with Gasteiger partial charge in [0, 0.05) is 65.4 Å². The summed E-state index contributed by atoms with van der Waals surface area (Å²) in [7, 11) is 1.68. The van der Waals surface area contributed by atoms with Gasteiger partial charge in [-0.3, -0.25) is 19.2 Å². The van der Waals surface area contributed by atoms with E-state index >= 15 is 0 Å². The first-order chi connectivity index (χ1) is 15.0. The third-order valence-electron chi connectivity index (χ3n) is 6.66. The lowest BCUT2D eigenvalue weighted by atomic mass is 10.0. The SMILES string of the molecule is CCn1c(=O)[nH]c2cc(CN3CCN(C4CCN(C(=O)NC)CC4)CC3)ccc2c1=O. The number of hydrogen-bond donors (Lipinski definition) is 2. The number of fused-ring (bicyclic) bond motifs is 1. The standard InChI is InChI=1S/C22H32N6O3/c1-3-28-20(29)18-5-4-16(14-19(18)24-22(28)31)15-25-10-12-26(13-11-25)17-6-8-27(9-7-17)21(30)23-2/h4-5,14,17H,3,6-13,15H2,1-2H3,(H,23,30)(H,24,31). The summed E-state index contributed by atoms with van der Waals surface area (Å²) in [6.45, 7) is 8.62. The fraction of sp³-hybridized carbons (Fsp3) is 0.591. The van der Waals surface area contributed by atoms with E-state index in [2.05, 4.69) is 20.1 Å². The summed E-state index contributed by atoms with van der Waals surface area (Å²) in [5.74, 6) is 0. The number of rotatable bonds is 4. The number of piperazine rings is 1. The van der Waals surface area contributed by atoms with Crippen molar-refractivity contribution < 1.29 is 4.79 Å². The van der Waals surface area contributed by atoms with E-state index in [0.29, 0.717) is 23.5 Å². The number of H-pyrrole nitrogens is 1. The maximum absolute atomic E-state index is 12.4. The Balaban J connectivity index is 1.34. The van der Waals surface area contributed by atoms with Crippen LogP contribution in [0.25, 0.3) is 10.9 Å². The van der Waals surface area contributed by atoms with Crippen molar-refractivity contribution in [3.05, 3.63) is 44.6 Å². The highest BCUT2D eigenvalue weighted by Gasteiger charge is 2.28. The van der Waals surface area contributed by atoms with E-state index in [9.17, 15) is 14.4 Å². The molecule has 0 spiro atoms. The predicted molar refractivity (Wildman–Crippen MR) is 120 cm³/mol. The molecule has 9 nitrogen and oxygen atoms in total. The molecule has 4 rings (SSSR count). The number of carbonyl (C=O) groups excluding carboxylic acids is 1. The van der Waals surface area contributed by atoms with E-state index in [4.69, 9.17) is 0 Å². The van der Waals surface area contributed by atoms with Gasteiger partial charge in [0.05, 0.1) is 10.9 Å². The molecule has 0 radical (unpaired) electrons. The summed E-state index contributed by atoms with van der Waals surface area (Å²) in [6.07, 6.45) is 2.06. The van der Waals surface area contributed by atoms with Gasteiger partial charge in [0.25, 0.3) is 5.56 Å². The minimum atomic E-state index is -0.353. The molecule has 2 N–H and O–H groups in total. The van der Waals surface area contributed by atoms with Gasteiger partial charge in [-0.05, 0) is 37.5 Å². The van der Waals surface area contributed by atoms with Crippen molar-refractivity contribution in [1.29, 1.82) is 0 Å². The van der Waals surface area contributed by atoms with Crippen LogP contribution in [0.4, 0.5) is 4.79 Å². The fourth-order valence-electron chi connectivity index (χ4n) is 4.82. The van der Waals surface area contributed by atoms with Gasteiger partial charge < -0.3 is 15.2 Å². The minimum Gasteiger partial charge on any atom is -0.341 e. The van der Waals surface area contributed by atoms with Crippen molar-refractivity contribution in [3.63, 3.8) is 0 Å². The molecule has 0 unspecified atom stereocenters. The van der Waals surface area contributed by atoms with Gasteiger partial charge in [-0.1, -0.05) is 6.07 Å². The number of benzene rings is 1. The van der Waals surface area contributed by atoms with Crippen molar-refractivity contribution in [3.8, 4) is 0 Å². The predicted octanol–water partition coefficient (Wildman–Crippen LogP) is 0.631. The summed E-state index contributed by atoms with van der Waals surface area (Å²) in [4.78, 5) is 46.0. The molecule has 1 aromatic carbocycles. The molecule has 168 valence electrons. The molecule has 2 saturated heterocycles. The normalized spacial score (nSPS) is 19.1. The molecule has 1 aromatic heterocycles. The summed E-state index contributed by atoms with van der Waals surface area (Å²) in [5, 5.41) is 3.26. The first-order valence-corrected chi connectivity index (χ1v) is 11.2. The number of likely N-dealkylation sites (tertiary alicyclic amines) is 1. The molecule has 0 bridgehead atoms.